The zero-order valence-electron chi connectivity index (χ0n) is 15.6. The summed E-state index contributed by atoms with van der Waals surface area (Å²) < 4.78 is 0. The van der Waals surface area contributed by atoms with Crippen LogP contribution in [-0.2, 0) is 9.59 Å². The van der Waals surface area contributed by atoms with Gasteiger partial charge in [-0.3, -0.25) is 14.5 Å². The molecule has 0 radical (unpaired) electrons. The molecule has 10 heteroatoms. The number of unbranched alkanes of at least 4 members (excludes halogenated alkanes) is 2. The first-order valence-corrected chi connectivity index (χ1v) is 11.7. The fourth-order valence-corrected chi connectivity index (χ4v) is 4.10. The Morgan fingerprint density at radius 2 is 1.19 bits per heavy atom. The van der Waals surface area contributed by atoms with Crippen LogP contribution < -0.4 is 28.7 Å². The summed E-state index contributed by atoms with van der Waals surface area (Å²) >= 11 is 0. The van der Waals surface area contributed by atoms with Gasteiger partial charge >= 0.3 is 0 Å². The summed E-state index contributed by atoms with van der Waals surface area (Å²) in [7, 11) is 3.20. The second kappa shape index (κ2) is 16.8. The maximum absolute atomic E-state index is 12.7. The smallest absolute Gasteiger partial charge is 0.246 e. The molecule has 0 saturated carbocycles. The Kier molecular flexibility index (Phi) is 16.6. The van der Waals surface area contributed by atoms with E-state index in [0.717, 1.165) is 31.4 Å². The van der Waals surface area contributed by atoms with Crippen LogP contribution in [0.2, 0.25) is 0 Å². The monoisotopic (exact) mass is 408 g/mol. The van der Waals surface area contributed by atoms with Gasteiger partial charge in [-0.05, 0) is 38.8 Å². The van der Waals surface area contributed by atoms with E-state index >= 15 is 0 Å². The molecule has 0 heterocycles. The van der Waals surface area contributed by atoms with Crippen LogP contribution in [0.25, 0.3) is 0 Å². The molecule has 0 aliphatic rings. The first-order valence-electron chi connectivity index (χ1n) is 9.20. The molecule has 0 aromatic rings. The SMILES string of the molecule is NCCCCC(N)C(=O)N(CCSSCCN)C(=O)C(N)CCCCN. The molecule has 2 amide bonds. The molecule has 154 valence electrons. The molecule has 8 nitrogen and oxygen atoms in total. The molecule has 0 aliphatic carbocycles. The topological polar surface area (TPSA) is 167 Å². The second-order valence-corrected chi connectivity index (χ2v) is 8.74. The van der Waals surface area contributed by atoms with Gasteiger partial charge in [0.2, 0.25) is 11.8 Å². The van der Waals surface area contributed by atoms with Gasteiger partial charge in [-0.15, -0.1) is 0 Å². The average molecular weight is 409 g/mol. The summed E-state index contributed by atoms with van der Waals surface area (Å²) in [4.78, 5) is 26.6. The Bertz CT molecular complexity index is 362. The van der Waals surface area contributed by atoms with Crippen molar-refractivity contribution >= 4 is 33.4 Å². The van der Waals surface area contributed by atoms with Crippen molar-refractivity contribution in [3.63, 3.8) is 0 Å². The van der Waals surface area contributed by atoms with E-state index in [9.17, 15) is 9.59 Å². The van der Waals surface area contributed by atoms with E-state index in [1.54, 1.807) is 21.6 Å². The van der Waals surface area contributed by atoms with Crippen LogP contribution in [-0.4, -0.2) is 66.5 Å². The lowest BCUT2D eigenvalue weighted by Crippen LogP contribution is -2.52. The number of carbonyl (C=O) groups excluding carboxylic acids is 2. The van der Waals surface area contributed by atoms with Gasteiger partial charge in [0.25, 0.3) is 0 Å². The predicted octanol–water partition coefficient (Wildman–Crippen LogP) is -0.406. The maximum Gasteiger partial charge on any atom is 0.246 e. The Morgan fingerprint density at radius 1 is 0.731 bits per heavy atom. The summed E-state index contributed by atoms with van der Waals surface area (Å²) in [6, 6.07) is -1.41. The minimum atomic E-state index is -0.705. The quantitative estimate of drug-likeness (QED) is 0.168. The third kappa shape index (κ3) is 11.4. The van der Waals surface area contributed by atoms with Gasteiger partial charge in [-0.1, -0.05) is 34.4 Å². The van der Waals surface area contributed by atoms with E-state index in [0.29, 0.717) is 44.8 Å². The van der Waals surface area contributed by atoms with E-state index in [1.165, 1.54) is 4.90 Å². The van der Waals surface area contributed by atoms with E-state index < -0.39 is 12.1 Å². The maximum atomic E-state index is 12.7. The molecule has 0 spiro atoms. The zero-order chi connectivity index (χ0) is 19.8. The van der Waals surface area contributed by atoms with E-state index in [4.69, 9.17) is 28.7 Å². The molecule has 0 aromatic heterocycles. The second-order valence-electron chi connectivity index (χ2n) is 6.04. The van der Waals surface area contributed by atoms with E-state index in [2.05, 4.69) is 0 Å². The Morgan fingerprint density at radius 3 is 1.62 bits per heavy atom. The van der Waals surface area contributed by atoms with Crippen molar-refractivity contribution in [2.75, 3.05) is 37.7 Å². The van der Waals surface area contributed by atoms with Crippen LogP contribution in [0.3, 0.4) is 0 Å². The molecule has 0 aromatic carbocycles. The molecule has 0 fully saturated rings. The van der Waals surface area contributed by atoms with Crippen molar-refractivity contribution < 1.29 is 9.59 Å². The summed E-state index contributed by atoms with van der Waals surface area (Å²) in [5, 5.41) is 0. The number of rotatable bonds is 16. The van der Waals surface area contributed by atoms with Crippen molar-refractivity contribution in [1.29, 1.82) is 0 Å². The number of nitrogens with two attached hydrogens (primary N) is 5. The van der Waals surface area contributed by atoms with Gasteiger partial charge in [0.1, 0.15) is 0 Å². The minimum Gasteiger partial charge on any atom is -0.330 e. The Labute approximate surface area is 165 Å². The minimum absolute atomic E-state index is 0.301. The third-order valence-electron chi connectivity index (χ3n) is 3.79. The van der Waals surface area contributed by atoms with Crippen molar-refractivity contribution in [3.05, 3.63) is 0 Å². The highest BCUT2D eigenvalue weighted by Crippen LogP contribution is 2.20. The van der Waals surface area contributed by atoms with Gasteiger partial charge < -0.3 is 28.7 Å². The first kappa shape index (κ1) is 25.6. The summed E-state index contributed by atoms with van der Waals surface area (Å²) in [5.74, 6) is 0.730. The summed E-state index contributed by atoms with van der Waals surface area (Å²) in [6.45, 7) is 2.02. The molecule has 2 unspecified atom stereocenters. The van der Waals surface area contributed by atoms with Crippen LogP contribution in [0.15, 0.2) is 0 Å². The van der Waals surface area contributed by atoms with E-state index in [-0.39, 0.29) is 11.8 Å². The highest BCUT2D eigenvalue weighted by Gasteiger charge is 2.29. The van der Waals surface area contributed by atoms with Gasteiger partial charge in [0.05, 0.1) is 12.1 Å². The molecular formula is C16H36N6O2S2. The van der Waals surface area contributed by atoms with Crippen LogP contribution >= 0.6 is 21.6 Å². The lowest BCUT2D eigenvalue weighted by molar-refractivity contribution is -0.146. The van der Waals surface area contributed by atoms with E-state index in [1.807, 2.05) is 0 Å². The standard InChI is InChI=1S/C16H36N6O2S2/c17-7-3-1-5-13(20)15(23)22(10-12-26-25-11-9-19)16(24)14(21)6-2-4-8-18/h13-14H,1-12,17-21H2. The van der Waals surface area contributed by atoms with Crippen LogP contribution in [0, 0.1) is 0 Å². The number of hydrogen-bond acceptors (Lipinski definition) is 9. The average Bonchev–Trinajstić information content (AvgIpc) is 2.64. The molecule has 0 bridgehead atoms. The molecule has 0 saturated heterocycles. The largest absolute Gasteiger partial charge is 0.330 e. The number of hydrogen-bond donors (Lipinski definition) is 5. The molecule has 0 rings (SSSR count). The lowest BCUT2D eigenvalue weighted by Gasteiger charge is -2.26. The van der Waals surface area contributed by atoms with Gasteiger partial charge in [0.15, 0.2) is 0 Å². The lowest BCUT2D eigenvalue weighted by atomic mass is 10.1. The van der Waals surface area contributed by atoms with Gasteiger partial charge in [-0.25, -0.2) is 0 Å². The summed E-state index contributed by atoms with van der Waals surface area (Å²) in [6.07, 6.45) is 4.15. The Balaban J connectivity index is 4.74. The van der Waals surface area contributed by atoms with Crippen molar-refractivity contribution in [2.24, 2.45) is 28.7 Å². The molecule has 10 N–H and O–H groups in total. The molecule has 2 atom stereocenters. The Hall–Kier alpha value is -0.360. The van der Waals surface area contributed by atoms with Crippen LogP contribution in [0.1, 0.15) is 38.5 Å². The van der Waals surface area contributed by atoms with Gasteiger partial charge in [0, 0.05) is 24.6 Å². The van der Waals surface area contributed by atoms with Gasteiger partial charge in [-0.2, -0.15) is 0 Å². The molecular weight excluding hydrogens is 372 g/mol. The number of imide groups is 1. The van der Waals surface area contributed by atoms with Crippen LogP contribution in [0.5, 0.6) is 0 Å². The number of carbonyl (C=O) groups is 2. The van der Waals surface area contributed by atoms with Crippen molar-refractivity contribution in [2.45, 2.75) is 50.6 Å². The highest BCUT2D eigenvalue weighted by atomic mass is 33.1. The number of amides is 2. The first-order chi connectivity index (χ1) is 12.5. The fourth-order valence-electron chi connectivity index (χ4n) is 2.29. The zero-order valence-corrected chi connectivity index (χ0v) is 17.2. The van der Waals surface area contributed by atoms with Crippen molar-refractivity contribution in [1.82, 2.24) is 4.90 Å². The normalized spacial score (nSPS) is 13.4. The molecule has 26 heavy (non-hydrogen) atoms. The highest BCUT2D eigenvalue weighted by molar-refractivity contribution is 8.76. The predicted molar refractivity (Wildman–Crippen MR) is 112 cm³/mol. The molecule has 0 aliphatic heterocycles. The summed E-state index contributed by atoms with van der Waals surface area (Å²) in [5.41, 5.74) is 28.4. The van der Waals surface area contributed by atoms with Crippen LogP contribution in [0.4, 0.5) is 0 Å². The van der Waals surface area contributed by atoms with Crippen molar-refractivity contribution in [3.8, 4) is 0 Å². The fraction of sp³-hybridized carbons (Fsp3) is 0.875. The number of nitrogens with zero attached hydrogens (tertiary/aromatic N) is 1. The third-order valence-corrected chi connectivity index (χ3v) is 6.21.